The van der Waals surface area contributed by atoms with Crippen LogP contribution in [0.25, 0.3) is 0 Å². The van der Waals surface area contributed by atoms with Crippen LogP contribution >= 0.6 is 0 Å². The lowest BCUT2D eigenvalue weighted by molar-refractivity contribution is -0.121. The molecule has 2 rings (SSSR count). The molecule has 2 heterocycles. The average molecular weight is 321 g/mol. The van der Waals surface area contributed by atoms with E-state index >= 15 is 0 Å². The fraction of sp³-hybridized carbons (Fsp3) is 0.778. The van der Waals surface area contributed by atoms with Crippen molar-refractivity contribution in [3.8, 4) is 0 Å². The minimum absolute atomic E-state index is 0.214. The normalized spacial score (nSPS) is 16.7. The van der Waals surface area contributed by atoms with Crippen molar-refractivity contribution < 1.29 is 9.21 Å². The molecule has 1 aliphatic heterocycles. The molecule has 0 radical (unpaired) electrons. The fourth-order valence-corrected chi connectivity index (χ4v) is 3.03. The number of nitrogens with zero attached hydrogens (tertiary/aromatic N) is 2. The van der Waals surface area contributed by atoms with Crippen LogP contribution in [0.15, 0.2) is 4.42 Å². The van der Waals surface area contributed by atoms with Crippen molar-refractivity contribution in [2.24, 2.45) is 5.92 Å². The first-order chi connectivity index (χ1) is 11.1. The molecule has 1 aromatic heterocycles. The largest absolute Gasteiger partial charge is 0.444 e. The van der Waals surface area contributed by atoms with E-state index in [1.807, 2.05) is 13.8 Å². The van der Waals surface area contributed by atoms with Gasteiger partial charge in [-0.1, -0.05) is 19.8 Å². The predicted octanol–water partition coefficient (Wildman–Crippen LogP) is 3.20. The Morgan fingerprint density at radius 3 is 2.65 bits per heavy atom. The zero-order valence-electron chi connectivity index (χ0n) is 14.9. The maximum absolute atomic E-state index is 11.8. The lowest BCUT2D eigenvalue weighted by Gasteiger charge is -2.31. The quantitative estimate of drug-likeness (QED) is 0.747. The van der Waals surface area contributed by atoms with Crippen LogP contribution in [0.4, 0.5) is 0 Å². The molecule has 1 saturated heterocycles. The summed E-state index contributed by atoms with van der Waals surface area (Å²) >= 11 is 0. The van der Waals surface area contributed by atoms with Gasteiger partial charge in [0.15, 0.2) is 0 Å². The third kappa shape index (κ3) is 5.98. The van der Waals surface area contributed by atoms with Crippen LogP contribution in [-0.4, -0.2) is 35.4 Å². The Labute approximate surface area is 139 Å². The molecule has 1 N–H and O–H groups in total. The molecule has 0 bridgehead atoms. The van der Waals surface area contributed by atoms with E-state index < -0.39 is 0 Å². The molecule has 0 aromatic carbocycles. The summed E-state index contributed by atoms with van der Waals surface area (Å²) in [7, 11) is 0. The third-order valence-corrected chi connectivity index (χ3v) is 4.73. The standard InChI is InChI=1S/C18H31N3O2/c1-4-5-6-7-17(22)19-12-16-8-10-21(11-9-16)13-18-20-14(2)15(3)23-18/h16H,4-13H2,1-3H3,(H,19,22). The van der Waals surface area contributed by atoms with Gasteiger partial charge >= 0.3 is 0 Å². The Morgan fingerprint density at radius 2 is 2.04 bits per heavy atom. The molecule has 5 heteroatoms. The van der Waals surface area contributed by atoms with Gasteiger partial charge in [0.1, 0.15) is 5.76 Å². The topological polar surface area (TPSA) is 58.4 Å². The first-order valence-electron chi connectivity index (χ1n) is 9.00. The zero-order valence-corrected chi connectivity index (χ0v) is 14.9. The van der Waals surface area contributed by atoms with Crippen molar-refractivity contribution in [2.75, 3.05) is 19.6 Å². The number of aromatic nitrogens is 1. The highest BCUT2D eigenvalue weighted by Crippen LogP contribution is 2.19. The Balaban J connectivity index is 1.63. The van der Waals surface area contributed by atoms with Crippen molar-refractivity contribution in [3.05, 3.63) is 17.3 Å². The molecule has 0 saturated carbocycles. The summed E-state index contributed by atoms with van der Waals surface area (Å²) in [4.78, 5) is 18.6. The first-order valence-corrected chi connectivity index (χ1v) is 9.00. The van der Waals surface area contributed by atoms with Crippen LogP contribution in [0.2, 0.25) is 0 Å². The molecule has 1 fully saturated rings. The van der Waals surface area contributed by atoms with E-state index in [2.05, 4.69) is 22.1 Å². The number of hydrogen-bond acceptors (Lipinski definition) is 4. The van der Waals surface area contributed by atoms with Crippen LogP contribution in [0.1, 0.15) is 62.8 Å². The minimum atomic E-state index is 0.214. The van der Waals surface area contributed by atoms with Gasteiger partial charge in [-0.05, 0) is 52.1 Å². The SMILES string of the molecule is CCCCCC(=O)NCC1CCN(Cc2nc(C)c(C)o2)CC1. The fourth-order valence-electron chi connectivity index (χ4n) is 3.03. The molecule has 23 heavy (non-hydrogen) atoms. The molecular formula is C18H31N3O2. The maximum Gasteiger partial charge on any atom is 0.220 e. The second kappa shape index (κ2) is 9.06. The summed E-state index contributed by atoms with van der Waals surface area (Å²) in [6.45, 7) is 9.83. The third-order valence-electron chi connectivity index (χ3n) is 4.73. The zero-order chi connectivity index (χ0) is 16.7. The molecule has 1 amide bonds. The number of likely N-dealkylation sites (tertiary alicyclic amines) is 1. The lowest BCUT2D eigenvalue weighted by atomic mass is 9.96. The monoisotopic (exact) mass is 321 g/mol. The van der Waals surface area contributed by atoms with Crippen molar-refractivity contribution in [1.82, 2.24) is 15.2 Å². The molecule has 0 aliphatic carbocycles. The van der Waals surface area contributed by atoms with E-state index in [-0.39, 0.29) is 5.91 Å². The second-order valence-corrected chi connectivity index (χ2v) is 6.73. The van der Waals surface area contributed by atoms with Gasteiger partial charge in [-0.25, -0.2) is 4.98 Å². The highest BCUT2D eigenvalue weighted by atomic mass is 16.4. The Kier molecular flexibility index (Phi) is 7.09. The van der Waals surface area contributed by atoms with Gasteiger partial charge in [0.2, 0.25) is 11.8 Å². The Hall–Kier alpha value is -1.36. The van der Waals surface area contributed by atoms with Gasteiger partial charge in [-0.15, -0.1) is 0 Å². The Morgan fingerprint density at radius 1 is 1.30 bits per heavy atom. The van der Waals surface area contributed by atoms with Crippen LogP contribution in [0.3, 0.4) is 0 Å². The summed E-state index contributed by atoms with van der Waals surface area (Å²) in [6, 6.07) is 0. The number of aryl methyl sites for hydroxylation is 2. The van der Waals surface area contributed by atoms with E-state index in [0.29, 0.717) is 12.3 Å². The molecule has 0 unspecified atom stereocenters. The van der Waals surface area contributed by atoms with Gasteiger partial charge in [-0.3, -0.25) is 9.69 Å². The molecule has 130 valence electrons. The van der Waals surface area contributed by atoms with Crippen molar-refractivity contribution in [3.63, 3.8) is 0 Å². The first kappa shape index (κ1) is 18.0. The maximum atomic E-state index is 11.8. The number of hydrogen-bond donors (Lipinski definition) is 1. The van der Waals surface area contributed by atoms with Gasteiger partial charge in [0, 0.05) is 13.0 Å². The molecule has 1 aliphatic rings. The van der Waals surface area contributed by atoms with Gasteiger partial charge in [0.05, 0.1) is 12.2 Å². The molecule has 0 spiro atoms. The van der Waals surface area contributed by atoms with Crippen molar-refractivity contribution >= 4 is 5.91 Å². The molecular weight excluding hydrogens is 290 g/mol. The van der Waals surface area contributed by atoms with Crippen LogP contribution in [0.5, 0.6) is 0 Å². The van der Waals surface area contributed by atoms with Crippen molar-refractivity contribution in [1.29, 1.82) is 0 Å². The highest BCUT2D eigenvalue weighted by Gasteiger charge is 2.21. The van der Waals surface area contributed by atoms with Crippen LogP contribution in [-0.2, 0) is 11.3 Å². The smallest absolute Gasteiger partial charge is 0.220 e. The molecule has 1 aromatic rings. The number of carbonyl (C=O) groups excluding carboxylic acids is 1. The Bertz CT molecular complexity index is 471. The number of rotatable bonds is 8. The summed E-state index contributed by atoms with van der Waals surface area (Å²) in [6.07, 6.45) is 6.26. The summed E-state index contributed by atoms with van der Waals surface area (Å²) < 4.78 is 5.66. The van der Waals surface area contributed by atoms with Crippen LogP contribution in [0, 0.1) is 19.8 Å². The minimum Gasteiger partial charge on any atom is -0.444 e. The number of oxazole rings is 1. The predicted molar refractivity (Wildman–Crippen MR) is 91.1 cm³/mol. The highest BCUT2D eigenvalue weighted by molar-refractivity contribution is 5.75. The summed E-state index contributed by atoms with van der Waals surface area (Å²) in [5.74, 6) is 2.56. The molecule has 0 atom stereocenters. The average Bonchev–Trinajstić information content (AvgIpc) is 2.85. The van der Waals surface area contributed by atoms with Gasteiger partial charge in [0.25, 0.3) is 0 Å². The number of unbranched alkanes of at least 4 members (excludes halogenated alkanes) is 2. The number of nitrogens with one attached hydrogen (secondary N) is 1. The van der Waals surface area contributed by atoms with E-state index in [9.17, 15) is 4.79 Å². The van der Waals surface area contributed by atoms with E-state index in [4.69, 9.17) is 4.42 Å². The van der Waals surface area contributed by atoms with E-state index in [1.165, 1.54) is 0 Å². The summed E-state index contributed by atoms with van der Waals surface area (Å²) in [5, 5.41) is 3.10. The number of carbonyl (C=O) groups is 1. The van der Waals surface area contributed by atoms with Gasteiger partial charge < -0.3 is 9.73 Å². The summed E-state index contributed by atoms with van der Waals surface area (Å²) in [5.41, 5.74) is 0.987. The second-order valence-electron chi connectivity index (χ2n) is 6.73. The number of amides is 1. The molecule has 5 nitrogen and oxygen atoms in total. The van der Waals surface area contributed by atoms with Crippen molar-refractivity contribution in [2.45, 2.75) is 65.8 Å². The van der Waals surface area contributed by atoms with Gasteiger partial charge in [-0.2, -0.15) is 0 Å². The van der Waals surface area contributed by atoms with Crippen LogP contribution < -0.4 is 5.32 Å². The lowest BCUT2D eigenvalue weighted by Crippen LogP contribution is -2.38. The van der Waals surface area contributed by atoms with E-state index in [0.717, 1.165) is 75.6 Å². The number of piperidine rings is 1. The van der Waals surface area contributed by atoms with E-state index in [1.54, 1.807) is 0 Å².